The van der Waals surface area contributed by atoms with Crippen molar-refractivity contribution in [1.82, 2.24) is 19.6 Å². The molecule has 0 unspecified atom stereocenters. The summed E-state index contributed by atoms with van der Waals surface area (Å²) in [5, 5.41) is 16.9. The minimum absolute atomic E-state index is 0.454. The Morgan fingerprint density at radius 2 is 2.05 bits per heavy atom. The lowest BCUT2D eigenvalue weighted by atomic mass is 10.2. The second-order valence-electron chi connectivity index (χ2n) is 4.24. The first kappa shape index (κ1) is 12.2. The van der Waals surface area contributed by atoms with Gasteiger partial charge in [0.1, 0.15) is 11.8 Å². The van der Waals surface area contributed by atoms with Crippen molar-refractivity contribution < 1.29 is 0 Å². The lowest BCUT2D eigenvalue weighted by Gasteiger charge is -1.95. The fourth-order valence-corrected chi connectivity index (χ4v) is 3.75. The molecule has 0 N–H and O–H groups in total. The monoisotopic (exact) mass is 309 g/mol. The van der Waals surface area contributed by atoms with E-state index in [0.717, 1.165) is 20.4 Å². The quantitative estimate of drug-likeness (QED) is 0.569. The second-order valence-corrected chi connectivity index (χ2v) is 6.14. The molecular formula is C14H7N5S2. The zero-order valence-electron chi connectivity index (χ0n) is 10.6. The fourth-order valence-electron chi connectivity index (χ4n) is 2.06. The summed E-state index contributed by atoms with van der Waals surface area (Å²) in [5.41, 5.74) is 1.98. The largest absolute Gasteiger partial charge is 0.265 e. The molecule has 0 saturated carbocycles. The third-order valence-corrected chi connectivity index (χ3v) is 4.94. The van der Waals surface area contributed by atoms with Gasteiger partial charge < -0.3 is 0 Å². The molecule has 0 amide bonds. The Morgan fingerprint density at radius 3 is 2.76 bits per heavy atom. The predicted octanol–water partition coefficient (Wildman–Crippen LogP) is 3.45. The van der Waals surface area contributed by atoms with Crippen LogP contribution in [0.3, 0.4) is 0 Å². The summed E-state index contributed by atoms with van der Waals surface area (Å²) in [6.07, 6.45) is 3.38. The highest BCUT2D eigenvalue weighted by atomic mass is 32.1. The summed E-state index contributed by atoms with van der Waals surface area (Å²) in [5.74, 6) is 0. The topological polar surface area (TPSA) is 66.9 Å². The Bertz CT molecular complexity index is 945. The molecule has 0 radical (unpaired) electrons. The molecule has 5 nitrogen and oxygen atoms in total. The molecule has 0 atom stereocenters. The molecule has 4 aromatic heterocycles. The molecule has 0 fully saturated rings. The zero-order valence-corrected chi connectivity index (χ0v) is 12.2. The highest BCUT2D eigenvalue weighted by Gasteiger charge is 2.18. The van der Waals surface area contributed by atoms with Crippen molar-refractivity contribution >= 4 is 27.6 Å². The van der Waals surface area contributed by atoms with Crippen LogP contribution in [0.4, 0.5) is 0 Å². The van der Waals surface area contributed by atoms with Gasteiger partial charge in [-0.25, -0.2) is 4.98 Å². The maximum absolute atomic E-state index is 9.45. The van der Waals surface area contributed by atoms with E-state index >= 15 is 0 Å². The second kappa shape index (κ2) is 4.77. The molecule has 0 saturated heterocycles. The van der Waals surface area contributed by atoms with Crippen molar-refractivity contribution in [3.63, 3.8) is 0 Å². The average Bonchev–Trinajstić information content (AvgIpc) is 3.22. The van der Waals surface area contributed by atoms with Crippen LogP contribution < -0.4 is 0 Å². The molecule has 0 aliphatic heterocycles. The lowest BCUT2D eigenvalue weighted by Crippen LogP contribution is -1.90. The molecule has 0 spiro atoms. The van der Waals surface area contributed by atoms with Gasteiger partial charge >= 0.3 is 0 Å². The molecule has 100 valence electrons. The number of imidazole rings is 1. The Balaban J connectivity index is 1.92. The number of thiophene rings is 1. The van der Waals surface area contributed by atoms with Crippen molar-refractivity contribution in [2.24, 2.45) is 0 Å². The van der Waals surface area contributed by atoms with E-state index in [-0.39, 0.29) is 0 Å². The SMILES string of the molecule is N#Cc1c(-c2ccncc2)nc2sc(-c3cccs3)nn12. The van der Waals surface area contributed by atoms with E-state index in [1.54, 1.807) is 28.2 Å². The molecule has 0 aliphatic rings. The lowest BCUT2D eigenvalue weighted by molar-refractivity contribution is 0.962. The van der Waals surface area contributed by atoms with Crippen molar-refractivity contribution in [3.05, 3.63) is 47.7 Å². The number of hydrogen-bond donors (Lipinski definition) is 0. The molecule has 4 rings (SSSR count). The van der Waals surface area contributed by atoms with Gasteiger partial charge in [-0.05, 0) is 23.6 Å². The summed E-state index contributed by atoms with van der Waals surface area (Å²) in [7, 11) is 0. The van der Waals surface area contributed by atoms with Crippen molar-refractivity contribution in [1.29, 1.82) is 5.26 Å². The summed E-state index contributed by atoms with van der Waals surface area (Å²) < 4.78 is 1.62. The van der Waals surface area contributed by atoms with Crippen molar-refractivity contribution in [2.75, 3.05) is 0 Å². The highest BCUT2D eigenvalue weighted by molar-refractivity contribution is 7.23. The predicted molar refractivity (Wildman–Crippen MR) is 82.1 cm³/mol. The van der Waals surface area contributed by atoms with Crippen LogP contribution in [0.2, 0.25) is 0 Å². The van der Waals surface area contributed by atoms with Crippen LogP contribution in [0.25, 0.3) is 26.1 Å². The van der Waals surface area contributed by atoms with Gasteiger partial charge in [0.15, 0.2) is 10.7 Å². The summed E-state index contributed by atoms with van der Waals surface area (Å²) >= 11 is 3.11. The summed E-state index contributed by atoms with van der Waals surface area (Å²) in [6.45, 7) is 0. The first-order valence-electron chi connectivity index (χ1n) is 6.11. The van der Waals surface area contributed by atoms with Crippen LogP contribution in [-0.2, 0) is 0 Å². The van der Waals surface area contributed by atoms with Gasteiger partial charge in [-0.15, -0.1) is 11.3 Å². The van der Waals surface area contributed by atoms with Crippen molar-refractivity contribution in [3.8, 4) is 27.2 Å². The van der Waals surface area contributed by atoms with Gasteiger partial charge in [-0.3, -0.25) is 4.98 Å². The first-order valence-corrected chi connectivity index (χ1v) is 7.80. The maximum Gasteiger partial charge on any atom is 0.214 e. The van der Waals surface area contributed by atoms with E-state index in [4.69, 9.17) is 0 Å². The van der Waals surface area contributed by atoms with Crippen LogP contribution in [-0.4, -0.2) is 19.6 Å². The van der Waals surface area contributed by atoms with Crippen LogP contribution >= 0.6 is 22.7 Å². The molecule has 0 bridgehead atoms. The molecule has 21 heavy (non-hydrogen) atoms. The normalized spacial score (nSPS) is 10.8. The minimum atomic E-state index is 0.454. The fraction of sp³-hybridized carbons (Fsp3) is 0. The molecular weight excluding hydrogens is 302 g/mol. The van der Waals surface area contributed by atoms with E-state index in [1.165, 1.54) is 11.3 Å². The van der Waals surface area contributed by atoms with Gasteiger partial charge in [-0.1, -0.05) is 17.4 Å². The van der Waals surface area contributed by atoms with Gasteiger partial charge in [0, 0.05) is 18.0 Å². The molecule has 0 aromatic carbocycles. The number of rotatable bonds is 2. The Hall–Kier alpha value is -2.56. The van der Waals surface area contributed by atoms with E-state index in [0.29, 0.717) is 11.4 Å². The number of aromatic nitrogens is 4. The highest BCUT2D eigenvalue weighted by Crippen LogP contribution is 2.32. The average molecular weight is 309 g/mol. The van der Waals surface area contributed by atoms with Crippen LogP contribution in [0.5, 0.6) is 0 Å². The number of nitrogens with zero attached hydrogens (tertiary/aromatic N) is 5. The third-order valence-electron chi connectivity index (χ3n) is 3.00. The number of pyridine rings is 1. The number of fused-ring (bicyclic) bond motifs is 1. The Labute approximate surface area is 127 Å². The van der Waals surface area contributed by atoms with E-state index in [9.17, 15) is 5.26 Å². The smallest absolute Gasteiger partial charge is 0.214 e. The molecule has 4 aromatic rings. The Kier molecular flexibility index (Phi) is 2.77. The standard InChI is InChI=1S/C14H7N5S2/c15-8-10-12(9-3-5-16-6-4-9)17-14-19(10)18-13(21-14)11-2-1-7-20-11/h1-7H. The summed E-state index contributed by atoms with van der Waals surface area (Å²) in [6, 6.07) is 9.88. The third kappa shape index (κ3) is 1.93. The molecule has 7 heteroatoms. The number of hydrogen-bond acceptors (Lipinski definition) is 6. The van der Waals surface area contributed by atoms with Gasteiger partial charge in [0.05, 0.1) is 4.88 Å². The van der Waals surface area contributed by atoms with Gasteiger partial charge in [0.25, 0.3) is 0 Å². The van der Waals surface area contributed by atoms with Crippen LogP contribution in [0.1, 0.15) is 5.69 Å². The van der Waals surface area contributed by atoms with E-state index in [1.807, 2.05) is 29.6 Å². The maximum atomic E-state index is 9.45. The molecule has 4 heterocycles. The molecule has 0 aliphatic carbocycles. The first-order chi connectivity index (χ1) is 10.4. The Morgan fingerprint density at radius 1 is 1.19 bits per heavy atom. The summed E-state index contributed by atoms with van der Waals surface area (Å²) in [4.78, 5) is 10.4. The number of nitriles is 1. The van der Waals surface area contributed by atoms with Gasteiger partial charge in [0.2, 0.25) is 4.96 Å². The van der Waals surface area contributed by atoms with Crippen LogP contribution in [0, 0.1) is 11.3 Å². The van der Waals surface area contributed by atoms with Gasteiger partial charge in [-0.2, -0.15) is 14.9 Å². The van der Waals surface area contributed by atoms with Crippen LogP contribution in [0.15, 0.2) is 42.0 Å². The van der Waals surface area contributed by atoms with Crippen molar-refractivity contribution in [2.45, 2.75) is 0 Å². The minimum Gasteiger partial charge on any atom is -0.265 e. The van der Waals surface area contributed by atoms with E-state index in [2.05, 4.69) is 21.1 Å². The van der Waals surface area contributed by atoms with E-state index < -0.39 is 0 Å². The zero-order chi connectivity index (χ0) is 14.2.